The lowest BCUT2D eigenvalue weighted by molar-refractivity contribution is 0.572. The second-order valence-corrected chi connectivity index (χ2v) is 7.41. The molecule has 0 amide bonds. The van der Waals surface area contributed by atoms with E-state index in [9.17, 15) is 8.78 Å². The summed E-state index contributed by atoms with van der Waals surface area (Å²) in [5, 5.41) is 8.44. The van der Waals surface area contributed by atoms with Crippen LogP contribution in [0.15, 0.2) is 70.9 Å². The van der Waals surface area contributed by atoms with E-state index in [2.05, 4.69) is 35.9 Å². The number of halogens is 2. The Morgan fingerprint density at radius 1 is 0.710 bits per heavy atom. The molecular weight excluding hydrogens is 390 g/mol. The Hall–Kier alpha value is -3.32. The van der Waals surface area contributed by atoms with Crippen LogP contribution in [0, 0.1) is 23.5 Å². The first-order chi connectivity index (χ1) is 15.1. The third-order valence-electron chi connectivity index (χ3n) is 5.00. The summed E-state index contributed by atoms with van der Waals surface area (Å²) in [5.41, 5.74) is 3.84. The summed E-state index contributed by atoms with van der Waals surface area (Å²) in [6, 6.07) is 17.8. The van der Waals surface area contributed by atoms with Crippen LogP contribution in [0.2, 0.25) is 0 Å². The number of azo groups is 1. The van der Waals surface area contributed by atoms with Gasteiger partial charge in [0.15, 0.2) is 0 Å². The predicted octanol–water partition coefficient (Wildman–Crippen LogP) is 8.08. The van der Waals surface area contributed by atoms with Gasteiger partial charge in [-0.1, -0.05) is 50.7 Å². The zero-order valence-corrected chi connectivity index (χ0v) is 18.0. The molecule has 0 aliphatic rings. The lowest BCUT2D eigenvalue weighted by Crippen LogP contribution is -1.95. The van der Waals surface area contributed by atoms with Crippen molar-refractivity contribution in [2.45, 2.75) is 46.0 Å². The van der Waals surface area contributed by atoms with Gasteiger partial charge in [0.05, 0.1) is 16.9 Å². The van der Waals surface area contributed by atoms with E-state index in [0.29, 0.717) is 23.2 Å². The number of benzene rings is 3. The smallest absolute Gasteiger partial charge is 0.142 e. The Bertz CT molecular complexity index is 1070. The monoisotopic (exact) mass is 416 g/mol. The van der Waals surface area contributed by atoms with Gasteiger partial charge in [0.25, 0.3) is 0 Å². The van der Waals surface area contributed by atoms with E-state index in [0.717, 1.165) is 31.4 Å². The number of nitrogens with zero attached hydrogens (tertiary/aromatic N) is 2. The van der Waals surface area contributed by atoms with Crippen molar-refractivity contribution in [3.05, 3.63) is 94.6 Å². The van der Waals surface area contributed by atoms with Crippen LogP contribution in [0.3, 0.4) is 0 Å². The molecule has 3 rings (SSSR count). The van der Waals surface area contributed by atoms with Gasteiger partial charge in [-0.25, -0.2) is 8.78 Å². The highest BCUT2D eigenvalue weighted by atomic mass is 19.1. The lowest BCUT2D eigenvalue weighted by Gasteiger charge is -2.04. The largest absolute Gasteiger partial charge is 0.206 e. The van der Waals surface area contributed by atoms with E-state index >= 15 is 0 Å². The summed E-state index contributed by atoms with van der Waals surface area (Å²) < 4.78 is 28.7. The summed E-state index contributed by atoms with van der Waals surface area (Å²) >= 11 is 0. The van der Waals surface area contributed by atoms with Crippen molar-refractivity contribution in [1.82, 2.24) is 0 Å². The molecule has 3 aromatic rings. The topological polar surface area (TPSA) is 24.7 Å². The first-order valence-corrected chi connectivity index (χ1v) is 10.7. The summed E-state index contributed by atoms with van der Waals surface area (Å²) in [6.45, 7) is 4.20. The quantitative estimate of drug-likeness (QED) is 0.211. The number of hydrogen-bond donors (Lipinski definition) is 0. The van der Waals surface area contributed by atoms with Crippen molar-refractivity contribution < 1.29 is 8.78 Å². The standard InChI is InChI=1S/C27H26F2N2/c1-3-5-6-7-22-18-26(28)25(27(29)19-22)17-12-21-10-15-24(16-11-21)31-30-23-13-8-20(4-2)9-14-23/h8-11,13-16,18-19H,3-7H2,1-2H3. The Balaban J connectivity index is 1.68. The molecule has 0 bridgehead atoms. The maximum atomic E-state index is 14.3. The third kappa shape index (κ3) is 6.58. The highest BCUT2D eigenvalue weighted by molar-refractivity contribution is 5.49. The first-order valence-electron chi connectivity index (χ1n) is 10.7. The molecule has 4 heteroatoms. The Labute approximate surface area is 183 Å². The SMILES string of the molecule is CCCCCc1cc(F)c(C#Cc2ccc(N=Nc3ccc(CC)cc3)cc2)c(F)c1. The summed E-state index contributed by atoms with van der Waals surface area (Å²) in [5.74, 6) is 4.23. The van der Waals surface area contributed by atoms with Crippen LogP contribution in [0.5, 0.6) is 0 Å². The number of unbranched alkanes of at least 4 members (excludes halogenated alkanes) is 2. The van der Waals surface area contributed by atoms with Gasteiger partial charge in [0, 0.05) is 5.56 Å². The first kappa shape index (κ1) is 22.4. The fourth-order valence-corrected chi connectivity index (χ4v) is 3.13. The van der Waals surface area contributed by atoms with Gasteiger partial charge in [0.1, 0.15) is 11.6 Å². The van der Waals surface area contributed by atoms with Crippen molar-refractivity contribution in [3.63, 3.8) is 0 Å². The van der Waals surface area contributed by atoms with Crippen LogP contribution >= 0.6 is 0 Å². The van der Waals surface area contributed by atoms with Gasteiger partial charge in [-0.2, -0.15) is 10.2 Å². The van der Waals surface area contributed by atoms with Gasteiger partial charge < -0.3 is 0 Å². The molecule has 0 radical (unpaired) electrons. The van der Waals surface area contributed by atoms with Gasteiger partial charge in [-0.05, 0) is 78.9 Å². The molecule has 0 atom stereocenters. The maximum absolute atomic E-state index is 14.3. The molecule has 0 fully saturated rings. The number of hydrogen-bond acceptors (Lipinski definition) is 2. The summed E-state index contributed by atoms with van der Waals surface area (Å²) in [7, 11) is 0. The molecule has 3 aromatic carbocycles. The highest BCUT2D eigenvalue weighted by Crippen LogP contribution is 2.20. The minimum atomic E-state index is -0.612. The molecule has 0 spiro atoms. The van der Waals surface area contributed by atoms with Crippen LogP contribution in [0.25, 0.3) is 0 Å². The summed E-state index contributed by atoms with van der Waals surface area (Å²) in [6.07, 6.45) is 4.70. The fraction of sp³-hybridized carbons (Fsp3) is 0.259. The fourth-order valence-electron chi connectivity index (χ4n) is 3.13. The third-order valence-corrected chi connectivity index (χ3v) is 5.00. The van der Waals surface area contributed by atoms with Crippen molar-refractivity contribution in [3.8, 4) is 11.8 Å². The summed E-state index contributed by atoms with van der Waals surface area (Å²) in [4.78, 5) is 0. The van der Waals surface area contributed by atoms with E-state index in [1.165, 1.54) is 17.7 Å². The molecule has 0 heterocycles. The van der Waals surface area contributed by atoms with Crippen molar-refractivity contribution in [2.24, 2.45) is 10.2 Å². The highest BCUT2D eigenvalue weighted by Gasteiger charge is 2.09. The predicted molar refractivity (Wildman–Crippen MR) is 122 cm³/mol. The van der Waals surface area contributed by atoms with E-state index in [4.69, 9.17) is 0 Å². The zero-order valence-electron chi connectivity index (χ0n) is 18.0. The molecule has 0 aromatic heterocycles. The second-order valence-electron chi connectivity index (χ2n) is 7.41. The van der Waals surface area contributed by atoms with E-state index in [1.807, 2.05) is 24.3 Å². The van der Waals surface area contributed by atoms with Crippen LogP contribution in [0.1, 0.15) is 55.4 Å². The average molecular weight is 417 g/mol. The minimum Gasteiger partial charge on any atom is -0.206 e. The van der Waals surface area contributed by atoms with Gasteiger partial charge in [-0.15, -0.1) is 0 Å². The zero-order chi connectivity index (χ0) is 22.1. The molecule has 0 N–H and O–H groups in total. The van der Waals surface area contributed by atoms with Gasteiger partial charge in [0.2, 0.25) is 0 Å². The van der Waals surface area contributed by atoms with Crippen LogP contribution < -0.4 is 0 Å². The van der Waals surface area contributed by atoms with Crippen molar-refractivity contribution in [1.29, 1.82) is 0 Å². The van der Waals surface area contributed by atoms with E-state index in [-0.39, 0.29) is 5.56 Å². The van der Waals surface area contributed by atoms with E-state index in [1.54, 1.807) is 24.3 Å². The number of rotatable bonds is 7. The molecule has 0 aliphatic heterocycles. The van der Waals surface area contributed by atoms with Crippen molar-refractivity contribution in [2.75, 3.05) is 0 Å². The molecular formula is C27H26F2N2. The Kier molecular flexibility index (Phi) is 8.06. The minimum absolute atomic E-state index is 0.196. The molecule has 31 heavy (non-hydrogen) atoms. The van der Waals surface area contributed by atoms with Crippen molar-refractivity contribution >= 4 is 11.4 Å². The Morgan fingerprint density at radius 2 is 1.29 bits per heavy atom. The maximum Gasteiger partial charge on any atom is 0.142 e. The van der Waals surface area contributed by atoms with Crippen LogP contribution in [0.4, 0.5) is 20.2 Å². The lowest BCUT2D eigenvalue weighted by atomic mass is 10.0. The molecule has 0 unspecified atom stereocenters. The average Bonchev–Trinajstić information content (AvgIpc) is 2.78. The molecule has 2 nitrogen and oxygen atoms in total. The second kappa shape index (κ2) is 11.2. The van der Waals surface area contributed by atoms with Gasteiger partial charge >= 0.3 is 0 Å². The molecule has 158 valence electrons. The Morgan fingerprint density at radius 3 is 1.84 bits per heavy atom. The van der Waals surface area contributed by atoms with Crippen LogP contribution in [-0.4, -0.2) is 0 Å². The van der Waals surface area contributed by atoms with Gasteiger partial charge in [-0.3, -0.25) is 0 Å². The number of aryl methyl sites for hydroxylation is 2. The van der Waals surface area contributed by atoms with Crippen LogP contribution in [-0.2, 0) is 12.8 Å². The normalized spacial score (nSPS) is 10.8. The van der Waals surface area contributed by atoms with E-state index < -0.39 is 11.6 Å². The molecule has 0 saturated carbocycles. The molecule has 0 aliphatic carbocycles. The molecule has 0 saturated heterocycles.